The lowest BCUT2D eigenvalue weighted by atomic mass is 10.4. The molecule has 0 aromatic carbocycles. The van der Waals surface area contributed by atoms with Gasteiger partial charge in [0.25, 0.3) is 0 Å². The predicted molar refractivity (Wildman–Crippen MR) is 67.8 cm³/mol. The van der Waals surface area contributed by atoms with Gasteiger partial charge in [-0.1, -0.05) is 18.7 Å². The zero-order valence-electron chi connectivity index (χ0n) is 9.10. The third-order valence-corrected chi connectivity index (χ3v) is 4.00. The van der Waals surface area contributed by atoms with E-state index >= 15 is 0 Å². The molecule has 0 saturated heterocycles. The minimum absolute atomic E-state index is 0.804. The quantitative estimate of drug-likeness (QED) is 0.804. The molecule has 2 aromatic heterocycles. The van der Waals surface area contributed by atoms with Gasteiger partial charge in [0, 0.05) is 11.6 Å². The molecule has 0 radical (unpaired) electrons. The van der Waals surface area contributed by atoms with Gasteiger partial charge < -0.3 is 9.73 Å². The third kappa shape index (κ3) is 3.37. The number of nitrogens with one attached hydrogen (secondary N) is 1. The van der Waals surface area contributed by atoms with E-state index in [0.29, 0.717) is 0 Å². The smallest absolute Gasteiger partial charge is 0.150 e. The molecule has 5 heteroatoms. The van der Waals surface area contributed by atoms with Crippen LogP contribution in [0.25, 0.3) is 0 Å². The summed E-state index contributed by atoms with van der Waals surface area (Å²) in [5.74, 6) is 2.85. The number of thiazole rings is 1. The SMILES string of the molecule is CCNCc1ccc(CSc2nccs2)o1. The lowest BCUT2D eigenvalue weighted by Crippen LogP contribution is -2.10. The number of aromatic nitrogens is 1. The van der Waals surface area contributed by atoms with E-state index in [4.69, 9.17) is 4.42 Å². The first-order chi connectivity index (χ1) is 7.88. The highest BCUT2D eigenvalue weighted by atomic mass is 32.2. The van der Waals surface area contributed by atoms with Crippen LogP contribution in [0.3, 0.4) is 0 Å². The van der Waals surface area contributed by atoms with Gasteiger partial charge in [-0.15, -0.1) is 11.3 Å². The molecule has 0 saturated carbocycles. The lowest BCUT2D eigenvalue weighted by Gasteiger charge is -1.97. The fourth-order valence-corrected chi connectivity index (χ4v) is 2.79. The first-order valence-corrected chi connectivity index (χ1v) is 7.05. The van der Waals surface area contributed by atoms with Crippen molar-refractivity contribution in [1.82, 2.24) is 10.3 Å². The van der Waals surface area contributed by atoms with Gasteiger partial charge >= 0.3 is 0 Å². The van der Waals surface area contributed by atoms with Crippen molar-refractivity contribution >= 4 is 23.1 Å². The van der Waals surface area contributed by atoms with Crippen LogP contribution in [0.5, 0.6) is 0 Å². The van der Waals surface area contributed by atoms with E-state index in [1.54, 1.807) is 23.1 Å². The van der Waals surface area contributed by atoms with Crippen molar-refractivity contribution in [2.75, 3.05) is 6.54 Å². The molecule has 0 aliphatic carbocycles. The largest absolute Gasteiger partial charge is 0.464 e. The summed E-state index contributed by atoms with van der Waals surface area (Å²) in [4.78, 5) is 4.22. The Kier molecular flexibility index (Phi) is 4.44. The number of nitrogens with zero attached hydrogens (tertiary/aromatic N) is 1. The molecule has 2 heterocycles. The Bertz CT molecular complexity index is 411. The minimum atomic E-state index is 0.804. The Morgan fingerprint density at radius 3 is 3.06 bits per heavy atom. The predicted octanol–water partition coefficient (Wildman–Crippen LogP) is 3.14. The standard InChI is InChI=1S/C11H14N2OS2/c1-2-12-7-9-3-4-10(14-9)8-16-11-13-5-6-15-11/h3-6,12H,2,7-8H2,1H3. The summed E-state index contributed by atoms with van der Waals surface area (Å²) >= 11 is 3.37. The molecule has 0 amide bonds. The van der Waals surface area contributed by atoms with Crippen molar-refractivity contribution < 1.29 is 4.42 Å². The normalized spacial score (nSPS) is 10.8. The molecule has 2 aromatic rings. The third-order valence-electron chi connectivity index (χ3n) is 2.01. The van der Waals surface area contributed by atoms with Crippen LogP contribution in [-0.4, -0.2) is 11.5 Å². The molecule has 0 bridgehead atoms. The fraction of sp³-hybridized carbons (Fsp3) is 0.364. The molecule has 1 N–H and O–H groups in total. The zero-order chi connectivity index (χ0) is 11.2. The molecule has 0 aliphatic heterocycles. The van der Waals surface area contributed by atoms with E-state index in [-0.39, 0.29) is 0 Å². The molecule has 16 heavy (non-hydrogen) atoms. The van der Waals surface area contributed by atoms with Crippen LogP contribution >= 0.6 is 23.1 Å². The highest BCUT2D eigenvalue weighted by molar-refractivity contribution is 8.00. The summed E-state index contributed by atoms with van der Waals surface area (Å²) in [7, 11) is 0. The summed E-state index contributed by atoms with van der Waals surface area (Å²) in [6, 6.07) is 4.06. The average molecular weight is 254 g/mol. The van der Waals surface area contributed by atoms with E-state index in [0.717, 1.165) is 34.7 Å². The van der Waals surface area contributed by atoms with E-state index in [9.17, 15) is 0 Å². The number of furan rings is 1. The molecule has 86 valence electrons. The van der Waals surface area contributed by atoms with Crippen LogP contribution in [0.4, 0.5) is 0 Å². The Morgan fingerprint density at radius 1 is 1.44 bits per heavy atom. The molecule has 0 fully saturated rings. The van der Waals surface area contributed by atoms with Crippen LogP contribution in [0, 0.1) is 0 Å². The van der Waals surface area contributed by atoms with E-state index in [1.807, 2.05) is 23.7 Å². The van der Waals surface area contributed by atoms with Crippen LogP contribution in [0.1, 0.15) is 18.4 Å². The molecule has 0 aliphatic rings. The first-order valence-electron chi connectivity index (χ1n) is 5.19. The van der Waals surface area contributed by atoms with Crippen LogP contribution in [-0.2, 0) is 12.3 Å². The Hall–Kier alpha value is -0.780. The molecule has 3 nitrogen and oxygen atoms in total. The van der Waals surface area contributed by atoms with E-state index in [2.05, 4.69) is 17.2 Å². The van der Waals surface area contributed by atoms with Gasteiger partial charge in [-0.2, -0.15) is 0 Å². The van der Waals surface area contributed by atoms with Gasteiger partial charge in [0.1, 0.15) is 15.9 Å². The maximum Gasteiger partial charge on any atom is 0.150 e. The van der Waals surface area contributed by atoms with Crippen LogP contribution in [0.15, 0.2) is 32.5 Å². The first kappa shape index (κ1) is 11.7. The van der Waals surface area contributed by atoms with Crippen molar-refractivity contribution in [2.45, 2.75) is 23.6 Å². The number of thioether (sulfide) groups is 1. The van der Waals surface area contributed by atoms with Gasteiger partial charge in [-0.25, -0.2) is 4.98 Å². The van der Waals surface area contributed by atoms with Crippen molar-refractivity contribution in [1.29, 1.82) is 0 Å². The Labute approximate surface area is 103 Å². The van der Waals surface area contributed by atoms with Gasteiger partial charge in [-0.3, -0.25) is 0 Å². The summed E-state index contributed by atoms with van der Waals surface area (Å²) in [5.41, 5.74) is 0. The number of hydrogen-bond acceptors (Lipinski definition) is 5. The average Bonchev–Trinajstić information content (AvgIpc) is 2.95. The monoisotopic (exact) mass is 254 g/mol. The molecule has 2 rings (SSSR count). The van der Waals surface area contributed by atoms with Crippen molar-refractivity contribution in [3.05, 3.63) is 35.2 Å². The maximum absolute atomic E-state index is 5.68. The van der Waals surface area contributed by atoms with E-state index in [1.165, 1.54) is 0 Å². The molecule has 0 unspecified atom stereocenters. The Morgan fingerprint density at radius 2 is 2.31 bits per heavy atom. The Balaban J connectivity index is 1.83. The number of hydrogen-bond donors (Lipinski definition) is 1. The van der Waals surface area contributed by atoms with E-state index < -0.39 is 0 Å². The highest BCUT2D eigenvalue weighted by Crippen LogP contribution is 2.25. The summed E-state index contributed by atoms with van der Waals surface area (Å²) in [6.07, 6.45) is 1.83. The molecular weight excluding hydrogens is 240 g/mol. The lowest BCUT2D eigenvalue weighted by molar-refractivity contribution is 0.463. The highest BCUT2D eigenvalue weighted by Gasteiger charge is 2.03. The fourth-order valence-electron chi connectivity index (χ4n) is 1.26. The summed E-state index contributed by atoms with van der Waals surface area (Å²) in [5, 5.41) is 5.22. The maximum atomic E-state index is 5.68. The van der Waals surface area contributed by atoms with Crippen LogP contribution < -0.4 is 5.32 Å². The molecule has 0 spiro atoms. The second-order valence-corrected chi connectivity index (χ2v) is 5.35. The van der Waals surface area contributed by atoms with Crippen LogP contribution in [0.2, 0.25) is 0 Å². The second kappa shape index (κ2) is 6.08. The second-order valence-electron chi connectivity index (χ2n) is 3.24. The molecular formula is C11H14N2OS2. The van der Waals surface area contributed by atoms with Gasteiger partial charge in [0.05, 0.1) is 12.3 Å². The topological polar surface area (TPSA) is 38.1 Å². The minimum Gasteiger partial charge on any atom is -0.464 e. The van der Waals surface area contributed by atoms with Gasteiger partial charge in [0.15, 0.2) is 0 Å². The molecule has 0 atom stereocenters. The van der Waals surface area contributed by atoms with Gasteiger partial charge in [0.2, 0.25) is 0 Å². The summed E-state index contributed by atoms with van der Waals surface area (Å²) in [6.45, 7) is 3.85. The van der Waals surface area contributed by atoms with Crippen molar-refractivity contribution in [3.8, 4) is 0 Å². The van der Waals surface area contributed by atoms with Gasteiger partial charge in [-0.05, 0) is 18.7 Å². The van der Waals surface area contributed by atoms with Crippen molar-refractivity contribution in [2.24, 2.45) is 0 Å². The van der Waals surface area contributed by atoms with Crippen molar-refractivity contribution in [3.63, 3.8) is 0 Å². The summed E-state index contributed by atoms with van der Waals surface area (Å²) < 4.78 is 6.77. The number of rotatable bonds is 6. The zero-order valence-corrected chi connectivity index (χ0v) is 10.7.